The first kappa shape index (κ1) is 22.6. The molecule has 3 aromatic rings. The Balaban J connectivity index is 1.47. The maximum Gasteiger partial charge on any atom is 0.237 e. The smallest absolute Gasteiger partial charge is 0.237 e. The van der Waals surface area contributed by atoms with Crippen molar-refractivity contribution >= 4 is 23.4 Å². The van der Waals surface area contributed by atoms with Gasteiger partial charge in [0, 0.05) is 17.2 Å². The van der Waals surface area contributed by atoms with Gasteiger partial charge in [-0.05, 0) is 31.4 Å². The largest absolute Gasteiger partial charge is 0.349 e. The molecule has 6 nitrogen and oxygen atoms in total. The fourth-order valence-electron chi connectivity index (χ4n) is 6.17. The summed E-state index contributed by atoms with van der Waals surface area (Å²) in [6.45, 7) is 3.75. The number of fused-ring (bicyclic) bond motifs is 3. The molecular weight excluding hydrogens is 454 g/mol. The molecule has 2 amide bonds. The van der Waals surface area contributed by atoms with E-state index in [1.165, 1.54) is 4.90 Å². The van der Waals surface area contributed by atoms with E-state index in [2.05, 4.69) is 0 Å². The average Bonchev–Trinajstić information content (AvgIpc) is 3.44. The van der Waals surface area contributed by atoms with Gasteiger partial charge in [0.15, 0.2) is 0 Å². The summed E-state index contributed by atoms with van der Waals surface area (Å²) in [6.07, 6.45) is -0.412. The van der Waals surface area contributed by atoms with Gasteiger partial charge in [-0.25, -0.2) is 0 Å². The third kappa shape index (κ3) is 3.00. The predicted octanol–water partition coefficient (Wildman–Crippen LogP) is 4.12. The van der Waals surface area contributed by atoms with Crippen molar-refractivity contribution in [3.63, 3.8) is 0 Å². The van der Waals surface area contributed by atoms with Gasteiger partial charge in [0.05, 0.1) is 17.9 Å². The molecule has 2 saturated heterocycles. The highest BCUT2D eigenvalue weighted by Gasteiger charge is 2.74. The molecule has 0 N–H and O–H groups in total. The zero-order valence-electron chi connectivity index (χ0n) is 20.0. The number of benzene rings is 3. The predicted molar refractivity (Wildman–Crippen MR) is 131 cm³/mol. The number of carbonyl (C=O) groups is 4. The Morgan fingerprint density at radius 1 is 0.833 bits per heavy atom. The van der Waals surface area contributed by atoms with Gasteiger partial charge in [-0.15, -0.1) is 0 Å². The highest BCUT2D eigenvalue weighted by molar-refractivity contribution is 6.35. The molecule has 1 aliphatic carbocycles. The lowest BCUT2D eigenvalue weighted by Crippen LogP contribution is -2.52. The number of aryl methyl sites for hydroxylation is 1. The van der Waals surface area contributed by atoms with Crippen molar-refractivity contribution in [2.75, 3.05) is 0 Å². The number of ether oxygens (including phenoxy) is 1. The summed E-state index contributed by atoms with van der Waals surface area (Å²) in [4.78, 5) is 56.8. The summed E-state index contributed by atoms with van der Waals surface area (Å²) in [5.74, 6) is -4.15. The summed E-state index contributed by atoms with van der Waals surface area (Å²) in [5, 5.41) is 0. The number of likely N-dealkylation sites (tertiary alicyclic amines) is 1. The molecule has 1 spiro atoms. The fourth-order valence-corrected chi connectivity index (χ4v) is 6.17. The molecule has 3 aromatic carbocycles. The second-order valence-electron chi connectivity index (χ2n) is 9.98. The van der Waals surface area contributed by atoms with E-state index >= 15 is 0 Å². The Hall–Kier alpha value is -3.90. The summed E-state index contributed by atoms with van der Waals surface area (Å²) < 4.78 is 6.34. The Labute approximate surface area is 208 Å². The fraction of sp³-hybridized carbons (Fsp3) is 0.267. The van der Waals surface area contributed by atoms with Gasteiger partial charge in [-0.3, -0.25) is 24.1 Å². The average molecular weight is 480 g/mol. The van der Waals surface area contributed by atoms with Crippen LogP contribution in [0.1, 0.15) is 50.4 Å². The molecule has 2 fully saturated rings. The molecule has 0 radical (unpaired) electrons. The zero-order chi connectivity index (χ0) is 25.2. The monoisotopic (exact) mass is 479 g/mol. The van der Waals surface area contributed by atoms with Crippen LogP contribution in [0, 0.1) is 18.8 Å². The minimum atomic E-state index is -2.03. The van der Waals surface area contributed by atoms with Crippen molar-refractivity contribution in [2.24, 2.45) is 11.8 Å². The van der Waals surface area contributed by atoms with Gasteiger partial charge in [0.1, 0.15) is 0 Å². The van der Waals surface area contributed by atoms with E-state index in [0.29, 0.717) is 12.0 Å². The molecule has 0 saturated carbocycles. The van der Waals surface area contributed by atoms with Crippen LogP contribution in [0.25, 0.3) is 0 Å². The Kier molecular flexibility index (Phi) is 5.05. The van der Waals surface area contributed by atoms with Crippen molar-refractivity contribution in [3.05, 3.63) is 107 Å². The van der Waals surface area contributed by atoms with Crippen LogP contribution in [0.4, 0.5) is 0 Å². The standard InChI is InChI=1S/C30H25NO5/c1-17-9-8-12-20(15-17)25-23-24(30(36-25)26(32)21-13-6-7-14-22(21)27(30)33)29(35)31(28(23)34)18(2)16-19-10-4-3-5-11-19/h3-15,18,23-25H,16H2,1-2H3/t18-,23-,24-,25-/m0/s1. The molecule has 0 unspecified atom stereocenters. The van der Waals surface area contributed by atoms with Crippen LogP contribution in [0.2, 0.25) is 0 Å². The summed E-state index contributed by atoms with van der Waals surface area (Å²) >= 11 is 0. The SMILES string of the molecule is Cc1cccc([C@@H]2OC3(C(=O)c4ccccc4C3=O)[C@@H]3C(=O)N([C@@H](C)Cc4ccccc4)C(=O)[C@@H]32)c1. The second-order valence-corrected chi connectivity index (χ2v) is 9.98. The number of nitrogens with zero attached hydrogens (tertiary/aromatic N) is 1. The van der Waals surface area contributed by atoms with E-state index in [0.717, 1.165) is 11.1 Å². The van der Waals surface area contributed by atoms with Crippen molar-refractivity contribution in [2.45, 2.75) is 38.0 Å². The minimum absolute atomic E-state index is 0.238. The molecule has 3 aliphatic rings. The number of imide groups is 1. The third-order valence-corrected chi connectivity index (χ3v) is 7.74. The molecule has 36 heavy (non-hydrogen) atoms. The third-order valence-electron chi connectivity index (χ3n) is 7.74. The van der Waals surface area contributed by atoms with Crippen molar-refractivity contribution in [1.29, 1.82) is 0 Å². The number of rotatable bonds is 4. The van der Waals surface area contributed by atoms with Crippen LogP contribution in [-0.2, 0) is 20.7 Å². The number of amides is 2. The molecule has 2 aliphatic heterocycles. The molecule has 2 heterocycles. The van der Waals surface area contributed by atoms with Crippen LogP contribution < -0.4 is 0 Å². The number of ketones is 2. The van der Waals surface area contributed by atoms with Gasteiger partial charge in [-0.1, -0.05) is 84.4 Å². The van der Waals surface area contributed by atoms with Gasteiger partial charge < -0.3 is 4.74 Å². The maximum atomic E-state index is 14.0. The molecular formula is C30H25NO5. The summed E-state index contributed by atoms with van der Waals surface area (Å²) in [7, 11) is 0. The number of hydrogen-bond donors (Lipinski definition) is 0. The highest BCUT2D eigenvalue weighted by atomic mass is 16.5. The van der Waals surface area contributed by atoms with Crippen LogP contribution >= 0.6 is 0 Å². The summed E-state index contributed by atoms with van der Waals surface area (Å²) in [5.41, 5.74) is 1.06. The molecule has 0 bridgehead atoms. The number of hydrogen-bond acceptors (Lipinski definition) is 5. The molecule has 0 aromatic heterocycles. The lowest BCUT2D eigenvalue weighted by Gasteiger charge is -2.29. The maximum absolute atomic E-state index is 14.0. The first-order chi connectivity index (χ1) is 17.3. The van der Waals surface area contributed by atoms with Crippen LogP contribution in [0.15, 0.2) is 78.9 Å². The Morgan fingerprint density at radius 2 is 1.47 bits per heavy atom. The van der Waals surface area contributed by atoms with Gasteiger partial charge in [-0.2, -0.15) is 0 Å². The highest BCUT2D eigenvalue weighted by Crippen LogP contribution is 2.57. The van der Waals surface area contributed by atoms with E-state index in [9.17, 15) is 19.2 Å². The van der Waals surface area contributed by atoms with Crippen LogP contribution in [-0.4, -0.2) is 39.9 Å². The van der Waals surface area contributed by atoms with Crippen molar-refractivity contribution < 1.29 is 23.9 Å². The lowest BCUT2D eigenvalue weighted by atomic mass is 9.77. The second kappa shape index (κ2) is 8.07. The number of Topliss-reactive ketones (excluding diaryl/α,β-unsaturated/α-hetero) is 2. The zero-order valence-corrected chi connectivity index (χ0v) is 20.0. The van der Waals surface area contributed by atoms with Gasteiger partial charge in [0.25, 0.3) is 0 Å². The van der Waals surface area contributed by atoms with Gasteiger partial charge in [0.2, 0.25) is 29.0 Å². The topological polar surface area (TPSA) is 80.8 Å². The van der Waals surface area contributed by atoms with Crippen LogP contribution in [0.5, 0.6) is 0 Å². The first-order valence-corrected chi connectivity index (χ1v) is 12.2. The minimum Gasteiger partial charge on any atom is -0.349 e. The van der Waals surface area contributed by atoms with Gasteiger partial charge >= 0.3 is 0 Å². The normalized spacial score (nSPS) is 24.9. The van der Waals surface area contributed by atoms with E-state index in [1.54, 1.807) is 24.3 Å². The molecule has 4 atom stereocenters. The Bertz CT molecular complexity index is 1390. The van der Waals surface area contributed by atoms with E-state index in [4.69, 9.17) is 4.74 Å². The van der Waals surface area contributed by atoms with E-state index in [-0.39, 0.29) is 11.1 Å². The van der Waals surface area contributed by atoms with E-state index < -0.39 is 53.0 Å². The lowest BCUT2D eigenvalue weighted by molar-refractivity contribution is -0.147. The quantitative estimate of drug-likeness (QED) is 0.416. The molecule has 6 heteroatoms. The number of carbonyl (C=O) groups excluding carboxylic acids is 4. The van der Waals surface area contributed by atoms with Crippen molar-refractivity contribution in [3.8, 4) is 0 Å². The molecule has 6 rings (SSSR count). The molecule has 180 valence electrons. The van der Waals surface area contributed by atoms with E-state index in [1.807, 2.05) is 68.4 Å². The first-order valence-electron chi connectivity index (χ1n) is 12.2. The van der Waals surface area contributed by atoms with Crippen molar-refractivity contribution in [1.82, 2.24) is 4.90 Å². The Morgan fingerprint density at radius 3 is 2.11 bits per heavy atom. The van der Waals surface area contributed by atoms with Crippen LogP contribution in [0.3, 0.4) is 0 Å². The summed E-state index contributed by atoms with van der Waals surface area (Å²) in [6, 6.07) is 23.2.